The van der Waals surface area contributed by atoms with Crippen LogP contribution < -0.4 is 9.47 Å². The molecule has 0 bridgehead atoms. The highest BCUT2D eigenvalue weighted by Gasteiger charge is 2.21. The van der Waals surface area contributed by atoms with E-state index in [-0.39, 0.29) is 0 Å². The Morgan fingerprint density at radius 1 is 0.857 bits per heavy atom. The summed E-state index contributed by atoms with van der Waals surface area (Å²) in [6.07, 6.45) is 0.355. The second kappa shape index (κ2) is 9.81. The van der Waals surface area contributed by atoms with Crippen LogP contribution >= 0.6 is 11.6 Å². The number of halogens is 1. The molecule has 0 saturated carbocycles. The Balaban J connectivity index is 1.62. The van der Waals surface area contributed by atoms with Crippen LogP contribution in [0.4, 0.5) is 0 Å². The molecule has 0 saturated heterocycles. The number of hydrogen-bond acceptors (Lipinski definition) is 3. The van der Waals surface area contributed by atoms with Crippen molar-refractivity contribution in [1.82, 2.24) is 0 Å². The Morgan fingerprint density at radius 3 is 2.21 bits per heavy atom. The van der Waals surface area contributed by atoms with Crippen LogP contribution in [0, 0.1) is 0 Å². The largest absolute Gasteiger partial charge is 0.490 e. The normalized spacial score (nSPS) is 11.6. The molecule has 0 radical (unpaired) electrons. The van der Waals surface area contributed by atoms with E-state index in [4.69, 9.17) is 21.1 Å². The van der Waals surface area contributed by atoms with Crippen LogP contribution in [0.1, 0.15) is 17.0 Å². The van der Waals surface area contributed by atoms with E-state index in [2.05, 4.69) is 0 Å². The predicted molar refractivity (Wildman–Crippen MR) is 109 cm³/mol. The van der Waals surface area contributed by atoms with Gasteiger partial charge in [-0.25, -0.2) is 0 Å². The van der Waals surface area contributed by atoms with E-state index in [1.165, 1.54) is 0 Å². The van der Waals surface area contributed by atoms with Crippen molar-refractivity contribution in [2.24, 2.45) is 0 Å². The number of carboxylic acid groups (broad SMARTS) is 1. The van der Waals surface area contributed by atoms with Gasteiger partial charge in [0.2, 0.25) is 0 Å². The molecule has 3 aromatic carbocycles. The molecular formula is C23H21ClO4. The first-order valence-electron chi connectivity index (χ1n) is 9.00. The molecule has 0 heterocycles. The molecule has 1 N–H and O–H groups in total. The van der Waals surface area contributed by atoms with Gasteiger partial charge >= 0.3 is 5.97 Å². The summed E-state index contributed by atoms with van der Waals surface area (Å²) in [5.41, 5.74) is 1.63. The molecule has 144 valence electrons. The van der Waals surface area contributed by atoms with Crippen LogP contribution in [-0.4, -0.2) is 24.3 Å². The summed E-state index contributed by atoms with van der Waals surface area (Å²) in [7, 11) is 0. The van der Waals surface area contributed by atoms with Gasteiger partial charge in [0.05, 0.1) is 5.92 Å². The van der Waals surface area contributed by atoms with Gasteiger partial charge in [-0.3, -0.25) is 4.79 Å². The first-order chi connectivity index (χ1) is 13.6. The Hall–Kier alpha value is -2.98. The third-order valence-corrected chi connectivity index (χ3v) is 4.57. The van der Waals surface area contributed by atoms with Crippen molar-refractivity contribution < 1.29 is 19.4 Å². The van der Waals surface area contributed by atoms with E-state index in [9.17, 15) is 9.90 Å². The molecule has 0 aliphatic carbocycles. The Kier molecular flexibility index (Phi) is 6.93. The van der Waals surface area contributed by atoms with Crippen LogP contribution in [0.15, 0.2) is 78.9 Å². The van der Waals surface area contributed by atoms with Crippen molar-refractivity contribution in [3.8, 4) is 11.5 Å². The smallest absolute Gasteiger partial charge is 0.311 e. The summed E-state index contributed by atoms with van der Waals surface area (Å²) in [6, 6.07) is 23.9. The van der Waals surface area contributed by atoms with Gasteiger partial charge in [-0.05, 0) is 47.9 Å². The van der Waals surface area contributed by atoms with Crippen LogP contribution in [-0.2, 0) is 11.2 Å². The van der Waals surface area contributed by atoms with Crippen molar-refractivity contribution in [1.29, 1.82) is 0 Å². The molecule has 4 nitrogen and oxygen atoms in total. The highest BCUT2D eigenvalue weighted by Crippen LogP contribution is 2.27. The number of carboxylic acids is 1. The molecule has 0 fully saturated rings. The number of aliphatic carboxylic acids is 1. The van der Waals surface area contributed by atoms with E-state index < -0.39 is 11.9 Å². The number of ether oxygens (including phenoxy) is 2. The summed E-state index contributed by atoms with van der Waals surface area (Å²) in [4.78, 5) is 11.8. The summed E-state index contributed by atoms with van der Waals surface area (Å²) in [5, 5.41) is 10.3. The molecule has 28 heavy (non-hydrogen) atoms. The number of hydrogen-bond donors (Lipinski definition) is 1. The van der Waals surface area contributed by atoms with Gasteiger partial charge in [-0.15, -0.1) is 0 Å². The molecular weight excluding hydrogens is 376 g/mol. The number of benzene rings is 3. The number of rotatable bonds is 9. The second-order valence-corrected chi connectivity index (χ2v) is 6.70. The summed E-state index contributed by atoms with van der Waals surface area (Å²) < 4.78 is 11.5. The average molecular weight is 397 g/mol. The maximum atomic E-state index is 11.8. The minimum Gasteiger partial charge on any atom is -0.490 e. The molecule has 3 rings (SSSR count). The zero-order valence-corrected chi connectivity index (χ0v) is 16.0. The van der Waals surface area contributed by atoms with Crippen LogP contribution in [0.2, 0.25) is 5.02 Å². The van der Waals surface area contributed by atoms with Gasteiger partial charge < -0.3 is 14.6 Å². The van der Waals surface area contributed by atoms with Gasteiger partial charge in [0, 0.05) is 5.02 Å². The van der Waals surface area contributed by atoms with Gasteiger partial charge in [0.1, 0.15) is 24.7 Å². The molecule has 0 spiro atoms. The van der Waals surface area contributed by atoms with Gasteiger partial charge in [0.25, 0.3) is 0 Å². The van der Waals surface area contributed by atoms with Gasteiger partial charge in [0.15, 0.2) is 0 Å². The first-order valence-corrected chi connectivity index (χ1v) is 9.38. The lowest BCUT2D eigenvalue weighted by Crippen LogP contribution is -2.16. The van der Waals surface area contributed by atoms with Crippen molar-refractivity contribution in [3.05, 3.63) is 95.0 Å². The van der Waals surface area contributed by atoms with Crippen molar-refractivity contribution in [2.45, 2.75) is 12.3 Å². The van der Waals surface area contributed by atoms with Crippen molar-refractivity contribution >= 4 is 17.6 Å². The highest BCUT2D eigenvalue weighted by molar-refractivity contribution is 6.30. The van der Waals surface area contributed by atoms with Crippen molar-refractivity contribution in [3.63, 3.8) is 0 Å². The lowest BCUT2D eigenvalue weighted by Gasteiger charge is -2.16. The minimum atomic E-state index is -0.855. The molecule has 5 heteroatoms. The monoisotopic (exact) mass is 396 g/mol. The Morgan fingerprint density at radius 2 is 1.50 bits per heavy atom. The Labute approximate surface area is 169 Å². The van der Waals surface area contributed by atoms with Crippen LogP contribution in [0.25, 0.3) is 0 Å². The summed E-state index contributed by atoms with van der Waals surface area (Å²) in [5.74, 6) is -0.0935. The summed E-state index contributed by atoms with van der Waals surface area (Å²) >= 11 is 5.86. The molecule has 0 aliphatic rings. The quantitative estimate of drug-likeness (QED) is 0.504. The third kappa shape index (κ3) is 5.51. The average Bonchev–Trinajstić information content (AvgIpc) is 2.72. The first kappa shape index (κ1) is 19.8. The maximum absolute atomic E-state index is 11.8. The van der Waals surface area contributed by atoms with Gasteiger partial charge in [-0.2, -0.15) is 0 Å². The molecule has 1 unspecified atom stereocenters. The molecule has 3 aromatic rings. The fourth-order valence-electron chi connectivity index (χ4n) is 2.91. The highest BCUT2D eigenvalue weighted by atomic mass is 35.5. The van der Waals surface area contributed by atoms with E-state index in [1.54, 1.807) is 24.3 Å². The standard InChI is InChI=1S/C23H21ClO4/c24-19-10-12-20(13-11-19)27-14-15-28-22-9-5-4-8-18(22)16-21(23(25)26)17-6-2-1-3-7-17/h1-13,21H,14-16H2,(H,25,26). The van der Waals surface area contributed by atoms with Crippen LogP contribution in [0.5, 0.6) is 11.5 Å². The zero-order valence-electron chi connectivity index (χ0n) is 15.3. The number of para-hydroxylation sites is 1. The maximum Gasteiger partial charge on any atom is 0.311 e. The topological polar surface area (TPSA) is 55.8 Å². The number of carbonyl (C=O) groups is 1. The molecule has 1 atom stereocenters. The van der Waals surface area contributed by atoms with Crippen LogP contribution in [0.3, 0.4) is 0 Å². The van der Waals surface area contributed by atoms with Crippen molar-refractivity contribution in [2.75, 3.05) is 13.2 Å². The lowest BCUT2D eigenvalue weighted by molar-refractivity contribution is -0.138. The molecule has 0 amide bonds. The Bertz CT molecular complexity index is 894. The minimum absolute atomic E-state index is 0.350. The SMILES string of the molecule is O=C(O)C(Cc1ccccc1OCCOc1ccc(Cl)cc1)c1ccccc1. The van der Waals surface area contributed by atoms with Gasteiger partial charge in [-0.1, -0.05) is 60.1 Å². The predicted octanol–water partition coefficient (Wildman–Crippen LogP) is 5.21. The van der Waals surface area contributed by atoms with E-state index in [1.807, 2.05) is 54.6 Å². The van der Waals surface area contributed by atoms with E-state index >= 15 is 0 Å². The zero-order chi connectivity index (χ0) is 19.8. The van der Waals surface area contributed by atoms with E-state index in [0.717, 1.165) is 16.9 Å². The summed E-state index contributed by atoms with van der Waals surface area (Å²) in [6.45, 7) is 0.722. The lowest BCUT2D eigenvalue weighted by atomic mass is 9.92. The fourth-order valence-corrected chi connectivity index (χ4v) is 3.03. The van der Waals surface area contributed by atoms with E-state index in [0.29, 0.717) is 30.4 Å². The fraction of sp³-hybridized carbons (Fsp3) is 0.174. The second-order valence-electron chi connectivity index (χ2n) is 6.26. The third-order valence-electron chi connectivity index (χ3n) is 4.32. The molecule has 0 aliphatic heterocycles. The molecule has 0 aromatic heterocycles.